The van der Waals surface area contributed by atoms with Crippen molar-refractivity contribution in [1.29, 1.82) is 0 Å². The fourth-order valence-corrected chi connectivity index (χ4v) is 3.19. The van der Waals surface area contributed by atoms with E-state index in [1.807, 2.05) is 31.2 Å². The summed E-state index contributed by atoms with van der Waals surface area (Å²) in [5.74, 6) is 0.761. The van der Waals surface area contributed by atoms with E-state index in [-0.39, 0.29) is 0 Å². The van der Waals surface area contributed by atoms with Crippen LogP contribution in [-0.4, -0.2) is 23.7 Å². The number of hydrogen-bond acceptors (Lipinski definition) is 3. The zero-order valence-electron chi connectivity index (χ0n) is 8.36. The average molecular weight is 230 g/mol. The van der Waals surface area contributed by atoms with Gasteiger partial charge in [-0.15, -0.1) is 0 Å². The summed E-state index contributed by atoms with van der Waals surface area (Å²) >= 11 is 0. The van der Waals surface area contributed by atoms with Crippen molar-refractivity contribution in [2.75, 3.05) is 19.5 Å². The molecule has 1 aromatic rings. The first-order valence-corrected chi connectivity index (χ1v) is 7.00. The molecule has 0 aliphatic carbocycles. The Balaban J connectivity index is 2.48. The zero-order chi connectivity index (χ0) is 10.4. The van der Waals surface area contributed by atoms with E-state index in [9.17, 15) is 4.21 Å². The zero-order valence-corrected chi connectivity index (χ0v) is 9.99. The minimum atomic E-state index is -0.956. The van der Waals surface area contributed by atoms with Gasteiger partial charge in [0.05, 0.1) is 6.61 Å². The second-order valence-corrected chi connectivity index (χ2v) is 6.06. The van der Waals surface area contributed by atoms with Crippen LogP contribution in [0.4, 0.5) is 0 Å². The molecule has 1 rings (SSSR count). The van der Waals surface area contributed by atoms with Crippen LogP contribution in [0.15, 0.2) is 29.2 Å². The van der Waals surface area contributed by atoms with Crippen molar-refractivity contribution in [3.63, 3.8) is 0 Å². The molecule has 1 atom stereocenters. The van der Waals surface area contributed by atoms with Crippen LogP contribution in [0.25, 0.3) is 0 Å². The fraction of sp³-hybridized carbons (Fsp3) is 0.400. The summed E-state index contributed by atoms with van der Waals surface area (Å²) in [6, 6.07) is 7.77. The Kier molecular flexibility index (Phi) is 5.22. The maximum atomic E-state index is 11.6. The lowest BCUT2D eigenvalue weighted by Crippen LogP contribution is -1.94. The van der Waals surface area contributed by atoms with Crippen molar-refractivity contribution < 1.29 is 8.95 Å². The Labute approximate surface area is 90.9 Å². The van der Waals surface area contributed by atoms with Gasteiger partial charge >= 0.3 is 0 Å². The van der Waals surface area contributed by atoms with Gasteiger partial charge in [0.15, 0.2) is 0 Å². The minimum absolute atomic E-state index is 0.641. The SMILES string of the molecule is COCCSS(=O)c1ccc(C)cc1. The lowest BCUT2D eigenvalue weighted by Gasteiger charge is -2.01. The highest BCUT2D eigenvalue weighted by atomic mass is 33.1. The van der Waals surface area contributed by atoms with E-state index in [0.717, 1.165) is 10.6 Å². The lowest BCUT2D eigenvalue weighted by atomic mass is 10.2. The molecule has 0 bridgehead atoms. The normalized spacial score (nSPS) is 12.7. The van der Waals surface area contributed by atoms with E-state index in [2.05, 4.69) is 0 Å². The first-order chi connectivity index (χ1) is 6.74. The molecule has 0 amide bonds. The van der Waals surface area contributed by atoms with Crippen LogP contribution in [0.3, 0.4) is 0 Å². The Morgan fingerprint density at radius 1 is 1.36 bits per heavy atom. The van der Waals surface area contributed by atoms with E-state index in [0.29, 0.717) is 6.61 Å². The Morgan fingerprint density at radius 2 is 2.00 bits per heavy atom. The molecule has 0 aliphatic heterocycles. The van der Waals surface area contributed by atoms with Crippen molar-refractivity contribution in [1.82, 2.24) is 0 Å². The summed E-state index contributed by atoms with van der Waals surface area (Å²) in [6.45, 7) is 2.66. The number of methoxy groups -OCH3 is 1. The summed E-state index contributed by atoms with van der Waals surface area (Å²) in [5, 5.41) is 0. The quantitative estimate of drug-likeness (QED) is 0.574. The molecule has 0 spiro atoms. The van der Waals surface area contributed by atoms with Gasteiger partial charge in [0.25, 0.3) is 0 Å². The number of ether oxygens (including phenoxy) is 1. The van der Waals surface area contributed by atoms with Crippen LogP contribution in [-0.2, 0) is 14.6 Å². The molecule has 0 N–H and O–H groups in total. The Morgan fingerprint density at radius 3 is 2.57 bits per heavy atom. The molecule has 0 saturated heterocycles. The van der Waals surface area contributed by atoms with Gasteiger partial charge in [-0.25, -0.2) is 4.21 Å². The van der Waals surface area contributed by atoms with Crippen LogP contribution in [0, 0.1) is 6.92 Å². The molecular formula is C10H14O2S2. The Bertz CT molecular complexity index is 295. The highest BCUT2D eigenvalue weighted by molar-refractivity contribution is 8.69. The van der Waals surface area contributed by atoms with Gasteiger partial charge in [0.1, 0.15) is 9.83 Å². The molecule has 0 saturated carbocycles. The summed E-state index contributed by atoms with van der Waals surface area (Å²) in [5.41, 5.74) is 1.19. The summed E-state index contributed by atoms with van der Waals surface area (Å²) in [4.78, 5) is 0.872. The highest BCUT2D eigenvalue weighted by Crippen LogP contribution is 2.18. The monoisotopic (exact) mass is 230 g/mol. The van der Waals surface area contributed by atoms with Crippen LogP contribution >= 0.6 is 10.8 Å². The fourth-order valence-electron chi connectivity index (χ4n) is 0.910. The van der Waals surface area contributed by atoms with Crippen molar-refractivity contribution in [2.45, 2.75) is 11.8 Å². The number of aryl methyl sites for hydroxylation is 1. The summed E-state index contributed by atoms with van der Waals surface area (Å²) in [7, 11) is 2.10. The molecule has 1 aromatic carbocycles. The van der Waals surface area contributed by atoms with Gasteiger partial charge in [-0.2, -0.15) is 0 Å². The van der Waals surface area contributed by atoms with Crippen LogP contribution in [0.1, 0.15) is 5.56 Å². The predicted octanol–water partition coefficient (Wildman–Crippen LogP) is 2.40. The molecule has 0 fully saturated rings. The van der Waals surface area contributed by atoms with Gasteiger partial charge in [0.2, 0.25) is 0 Å². The molecule has 2 nitrogen and oxygen atoms in total. The molecule has 0 heterocycles. The van der Waals surface area contributed by atoms with E-state index in [1.54, 1.807) is 7.11 Å². The molecule has 78 valence electrons. The maximum Gasteiger partial charge on any atom is 0.113 e. The second-order valence-electron chi connectivity index (χ2n) is 2.86. The van der Waals surface area contributed by atoms with E-state index in [1.165, 1.54) is 16.4 Å². The predicted molar refractivity (Wildman–Crippen MR) is 61.9 cm³/mol. The summed E-state index contributed by atoms with van der Waals surface area (Å²) < 4.78 is 16.5. The first-order valence-electron chi connectivity index (χ1n) is 4.34. The smallest absolute Gasteiger partial charge is 0.113 e. The molecule has 0 aliphatic rings. The third-order valence-electron chi connectivity index (χ3n) is 1.69. The molecule has 1 unspecified atom stereocenters. The highest BCUT2D eigenvalue weighted by Gasteiger charge is 2.03. The van der Waals surface area contributed by atoms with Gasteiger partial charge < -0.3 is 4.74 Å². The molecule has 0 radical (unpaired) electrons. The summed E-state index contributed by atoms with van der Waals surface area (Å²) in [6.07, 6.45) is 0. The average Bonchev–Trinajstić information content (AvgIpc) is 2.19. The number of rotatable bonds is 5. The van der Waals surface area contributed by atoms with Crippen LogP contribution < -0.4 is 0 Å². The van der Waals surface area contributed by atoms with Gasteiger partial charge in [-0.1, -0.05) is 28.5 Å². The van der Waals surface area contributed by atoms with E-state index >= 15 is 0 Å². The van der Waals surface area contributed by atoms with Crippen LogP contribution in [0.5, 0.6) is 0 Å². The van der Waals surface area contributed by atoms with Crippen LogP contribution in [0.2, 0.25) is 0 Å². The van der Waals surface area contributed by atoms with Gasteiger partial charge in [-0.3, -0.25) is 0 Å². The molecule has 14 heavy (non-hydrogen) atoms. The van der Waals surface area contributed by atoms with Gasteiger partial charge in [0, 0.05) is 17.8 Å². The van der Waals surface area contributed by atoms with E-state index in [4.69, 9.17) is 4.74 Å². The van der Waals surface area contributed by atoms with Crippen molar-refractivity contribution in [3.05, 3.63) is 29.8 Å². The molecule has 4 heteroatoms. The van der Waals surface area contributed by atoms with Gasteiger partial charge in [-0.05, 0) is 19.1 Å². The van der Waals surface area contributed by atoms with Crippen molar-refractivity contribution in [3.8, 4) is 0 Å². The third kappa shape index (κ3) is 3.82. The number of hydrogen-bond donors (Lipinski definition) is 0. The molecule has 0 aromatic heterocycles. The van der Waals surface area contributed by atoms with Crippen molar-refractivity contribution >= 4 is 20.6 Å². The van der Waals surface area contributed by atoms with E-state index < -0.39 is 9.83 Å². The topological polar surface area (TPSA) is 26.3 Å². The lowest BCUT2D eigenvalue weighted by molar-refractivity contribution is 0.219. The third-order valence-corrected chi connectivity index (χ3v) is 4.62. The largest absolute Gasteiger partial charge is 0.384 e. The standard InChI is InChI=1S/C10H14O2S2/c1-9-3-5-10(6-4-9)14(11)13-8-7-12-2/h3-6H,7-8H2,1-2H3. The maximum absolute atomic E-state index is 11.6. The second kappa shape index (κ2) is 6.22. The molecular weight excluding hydrogens is 216 g/mol. The van der Waals surface area contributed by atoms with Crippen molar-refractivity contribution in [2.24, 2.45) is 0 Å². The Hall–Kier alpha value is -0.320. The minimum Gasteiger partial charge on any atom is -0.384 e. The first kappa shape index (κ1) is 11.8. The number of benzene rings is 1.